The van der Waals surface area contributed by atoms with Crippen LogP contribution in [0.2, 0.25) is 0 Å². The van der Waals surface area contributed by atoms with E-state index < -0.39 is 12.3 Å². The first-order chi connectivity index (χ1) is 9.24. The van der Waals surface area contributed by atoms with E-state index in [2.05, 4.69) is 15.2 Å². The van der Waals surface area contributed by atoms with Gasteiger partial charge in [-0.1, -0.05) is 0 Å². The number of halogens is 2. The number of alkyl halides is 2. The van der Waals surface area contributed by atoms with Gasteiger partial charge in [0.05, 0.1) is 19.4 Å². The predicted molar refractivity (Wildman–Crippen MR) is 57.8 cm³/mol. The number of rotatable bonds is 3. The predicted octanol–water partition coefficient (Wildman–Crippen LogP) is 1.50. The topological polar surface area (TPSA) is 77.4 Å². The van der Waals surface area contributed by atoms with Crippen LogP contribution in [0.3, 0.4) is 0 Å². The SMILES string of the molecule is FC(F)c1nnc(-c2cnc(N3CCOCC3)o2)o1. The monoisotopic (exact) mass is 272 g/mol. The summed E-state index contributed by atoms with van der Waals surface area (Å²) in [5.74, 6) is -0.678. The van der Waals surface area contributed by atoms with Crippen LogP contribution in [0.5, 0.6) is 0 Å². The lowest BCUT2D eigenvalue weighted by molar-refractivity contribution is 0.115. The fraction of sp³-hybridized carbons (Fsp3) is 0.500. The molecule has 3 heterocycles. The van der Waals surface area contributed by atoms with Crippen LogP contribution in [0.15, 0.2) is 15.0 Å². The molecule has 0 saturated carbocycles. The third kappa shape index (κ3) is 2.41. The molecule has 1 saturated heterocycles. The zero-order valence-corrected chi connectivity index (χ0v) is 9.75. The molecule has 3 rings (SSSR count). The van der Waals surface area contributed by atoms with Gasteiger partial charge in [-0.05, 0) is 0 Å². The Morgan fingerprint density at radius 2 is 1.95 bits per heavy atom. The Morgan fingerprint density at radius 1 is 1.16 bits per heavy atom. The van der Waals surface area contributed by atoms with Crippen LogP contribution in [0.1, 0.15) is 12.3 Å². The number of anilines is 1. The van der Waals surface area contributed by atoms with Gasteiger partial charge >= 0.3 is 6.43 Å². The molecular weight excluding hydrogens is 262 g/mol. The largest absolute Gasteiger partial charge is 0.418 e. The number of nitrogens with zero attached hydrogens (tertiary/aromatic N) is 4. The molecule has 0 amide bonds. The lowest BCUT2D eigenvalue weighted by Crippen LogP contribution is -2.36. The molecule has 0 aromatic carbocycles. The van der Waals surface area contributed by atoms with Gasteiger partial charge in [0, 0.05) is 13.1 Å². The van der Waals surface area contributed by atoms with Crippen LogP contribution in [0, 0.1) is 0 Å². The summed E-state index contributed by atoms with van der Waals surface area (Å²) in [6.07, 6.45) is -1.43. The second-order valence-electron chi connectivity index (χ2n) is 3.85. The van der Waals surface area contributed by atoms with Crippen LogP contribution in [-0.2, 0) is 4.74 Å². The van der Waals surface area contributed by atoms with Crippen LogP contribution in [0.4, 0.5) is 14.8 Å². The summed E-state index contributed by atoms with van der Waals surface area (Å²) < 4.78 is 40.1. The highest BCUT2D eigenvalue weighted by Crippen LogP contribution is 2.26. The van der Waals surface area contributed by atoms with Crippen molar-refractivity contribution < 1.29 is 22.4 Å². The molecule has 9 heteroatoms. The van der Waals surface area contributed by atoms with Crippen LogP contribution in [0.25, 0.3) is 11.7 Å². The molecule has 0 aliphatic carbocycles. The van der Waals surface area contributed by atoms with Gasteiger partial charge in [-0.15, -0.1) is 10.2 Å². The van der Waals surface area contributed by atoms with E-state index in [4.69, 9.17) is 13.6 Å². The molecule has 0 radical (unpaired) electrons. The Morgan fingerprint density at radius 3 is 2.63 bits per heavy atom. The number of aromatic nitrogens is 3. The summed E-state index contributed by atoms with van der Waals surface area (Å²) in [7, 11) is 0. The van der Waals surface area contributed by atoms with Crippen molar-refractivity contribution >= 4 is 6.01 Å². The Balaban J connectivity index is 1.79. The summed E-state index contributed by atoms with van der Waals surface area (Å²) in [4.78, 5) is 5.95. The van der Waals surface area contributed by atoms with Crippen molar-refractivity contribution in [2.45, 2.75) is 6.43 Å². The van der Waals surface area contributed by atoms with Gasteiger partial charge in [0.1, 0.15) is 0 Å². The van der Waals surface area contributed by atoms with Gasteiger partial charge in [0.2, 0.25) is 5.76 Å². The third-order valence-electron chi connectivity index (χ3n) is 2.61. The van der Waals surface area contributed by atoms with Crippen molar-refractivity contribution in [2.24, 2.45) is 0 Å². The molecular formula is C10H10F2N4O3. The smallest absolute Gasteiger partial charge is 0.314 e. The Kier molecular flexibility index (Phi) is 3.11. The van der Waals surface area contributed by atoms with Gasteiger partial charge in [-0.2, -0.15) is 8.78 Å². The summed E-state index contributed by atoms with van der Waals surface area (Å²) >= 11 is 0. The van der Waals surface area contributed by atoms with Gasteiger partial charge in [-0.3, -0.25) is 0 Å². The van der Waals surface area contributed by atoms with Crippen molar-refractivity contribution in [3.8, 4) is 11.7 Å². The van der Waals surface area contributed by atoms with E-state index in [1.54, 1.807) is 0 Å². The fourth-order valence-electron chi connectivity index (χ4n) is 1.69. The summed E-state index contributed by atoms with van der Waals surface area (Å²) in [6, 6.07) is 0.384. The van der Waals surface area contributed by atoms with E-state index >= 15 is 0 Å². The van der Waals surface area contributed by atoms with Crippen molar-refractivity contribution in [1.82, 2.24) is 15.2 Å². The van der Waals surface area contributed by atoms with Gasteiger partial charge < -0.3 is 18.5 Å². The molecule has 19 heavy (non-hydrogen) atoms. The molecule has 2 aromatic heterocycles. The molecule has 1 aliphatic heterocycles. The quantitative estimate of drug-likeness (QED) is 0.837. The maximum Gasteiger partial charge on any atom is 0.314 e. The van der Waals surface area contributed by atoms with Crippen LogP contribution < -0.4 is 4.90 Å². The minimum atomic E-state index is -2.80. The molecule has 0 bridgehead atoms. The number of hydrogen-bond acceptors (Lipinski definition) is 7. The molecule has 102 valence electrons. The second kappa shape index (κ2) is 4.92. The number of morpholine rings is 1. The van der Waals surface area contributed by atoms with E-state index in [1.165, 1.54) is 6.20 Å². The molecule has 1 fully saturated rings. The molecule has 0 atom stereocenters. The molecule has 0 N–H and O–H groups in total. The number of ether oxygens (including phenoxy) is 1. The van der Waals surface area contributed by atoms with Crippen LogP contribution in [-0.4, -0.2) is 41.5 Å². The van der Waals surface area contributed by atoms with Gasteiger partial charge in [0.25, 0.3) is 17.8 Å². The summed E-state index contributed by atoms with van der Waals surface area (Å²) in [5.41, 5.74) is 0. The van der Waals surface area contributed by atoms with Gasteiger partial charge in [0.15, 0.2) is 0 Å². The lowest BCUT2D eigenvalue weighted by Gasteiger charge is -2.24. The van der Waals surface area contributed by atoms with E-state index in [0.29, 0.717) is 32.3 Å². The average molecular weight is 272 g/mol. The fourth-order valence-corrected chi connectivity index (χ4v) is 1.69. The Labute approximate surface area is 106 Å². The summed E-state index contributed by atoms with van der Waals surface area (Å²) in [5, 5.41) is 6.72. The molecule has 7 nitrogen and oxygen atoms in total. The zero-order valence-electron chi connectivity index (χ0n) is 9.75. The van der Waals surface area contributed by atoms with E-state index in [0.717, 1.165) is 0 Å². The Hall–Kier alpha value is -2.03. The van der Waals surface area contributed by atoms with E-state index in [1.807, 2.05) is 4.90 Å². The zero-order chi connectivity index (χ0) is 13.2. The lowest BCUT2D eigenvalue weighted by atomic mass is 10.5. The minimum absolute atomic E-state index is 0.109. The van der Waals surface area contributed by atoms with Crippen molar-refractivity contribution in [1.29, 1.82) is 0 Å². The first-order valence-electron chi connectivity index (χ1n) is 5.64. The van der Waals surface area contributed by atoms with E-state index in [9.17, 15) is 8.78 Å². The van der Waals surface area contributed by atoms with Crippen LogP contribution >= 0.6 is 0 Å². The molecule has 0 spiro atoms. The average Bonchev–Trinajstić information content (AvgIpc) is 3.09. The first kappa shape index (κ1) is 12.0. The van der Waals surface area contributed by atoms with Crippen molar-refractivity contribution in [3.05, 3.63) is 12.1 Å². The Bertz CT molecular complexity index is 550. The second-order valence-corrected chi connectivity index (χ2v) is 3.85. The van der Waals surface area contributed by atoms with Gasteiger partial charge in [-0.25, -0.2) is 4.98 Å². The third-order valence-corrected chi connectivity index (χ3v) is 2.61. The van der Waals surface area contributed by atoms with Crippen molar-refractivity contribution in [2.75, 3.05) is 31.2 Å². The van der Waals surface area contributed by atoms with Crippen molar-refractivity contribution in [3.63, 3.8) is 0 Å². The highest BCUT2D eigenvalue weighted by molar-refractivity contribution is 5.45. The molecule has 0 unspecified atom stereocenters. The normalized spacial score (nSPS) is 16.3. The highest BCUT2D eigenvalue weighted by Gasteiger charge is 2.21. The maximum atomic E-state index is 12.3. The number of oxazole rings is 1. The first-order valence-corrected chi connectivity index (χ1v) is 5.64. The van der Waals surface area contributed by atoms with E-state index in [-0.39, 0.29) is 11.7 Å². The number of hydrogen-bond donors (Lipinski definition) is 0. The minimum Gasteiger partial charge on any atom is -0.418 e. The highest BCUT2D eigenvalue weighted by atomic mass is 19.3. The summed E-state index contributed by atoms with van der Waals surface area (Å²) in [6.45, 7) is 2.50. The standard InChI is InChI=1S/C10H10F2N4O3/c11-7(12)9-15-14-8(19-9)6-5-13-10(18-6)16-1-3-17-4-2-16/h5,7H,1-4H2. The molecule has 1 aliphatic rings. The molecule has 2 aromatic rings. The maximum absolute atomic E-state index is 12.3.